The Morgan fingerprint density at radius 1 is 1.08 bits per heavy atom. The summed E-state index contributed by atoms with van der Waals surface area (Å²) in [5, 5.41) is 13.4. The van der Waals surface area contributed by atoms with Gasteiger partial charge in [0.1, 0.15) is 5.69 Å². The minimum absolute atomic E-state index is 0.000625. The van der Waals surface area contributed by atoms with Gasteiger partial charge in [0.05, 0.1) is 20.5 Å². The molecular weight excluding hydrogens is 359 g/mol. The van der Waals surface area contributed by atoms with Crippen LogP contribution in [0.25, 0.3) is 0 Å². The zero-order valence-electron chi connectivity index (χ0n) is 12.0. The standard InChI is InChI=1S/C15H10Cl2N2O5/c16-9-4-3-5-10(17)14(9)15(21)24-8-13(20)18-11-6-1-2-7-12(11)19(22)23/h1-7H,8H2,(H,18,20). The third kappa shape index (κ3) is 4.21. The fourth-order valence-corrected chi connectivity index (χ4v) is 2.37. The molecule has 9 heteroatoms. The molecule has 0 saturated carbocycles. The molecule has 0 aliphatic rings. The van der Waals surface area contributed by atoms with Gasteiger partial charge in [-0.15, -0.1) is 0 Å². The van der Waals surface area contributed by atoms with Gasteiger partial charge in [0.15, 0.2) is 6.61 Å². The van der Waals surface area contributed by atoms with E-state index in [1.165, 1.54) is 36.4 Å². The van der Waals surface area contributed by atoms with Crippen molar-refractivity contribution in [2.75, 3.05) is 11.9 Å². The van der Waals surface area contributed by atoms with Crippen LogP contribution < -0.4 is 5.32 Å². The molecule has 2 aromatic rings. The maximum atomic E-state index is 11.9. The SMILES string of the molecule is O=C(COC(=O)c1c(Cl)cccc1Cl)Nc1ccccc1[N+](=O)[O-]. The Kier molecular flexibility index (Phi) is 5.73. The number of esters is 1. The number of para-hydroxylation sites is 2. The van der Waals surface area contributed by atoms with E-state index in [1.807, 2.05) is 0 Å². The number of nitro benzene ring substituents is 1. The molecule has 0 unspecified atom stereocenters. The second-order valence-electron chi connectivity index (χ2n) is 4.50. The Labute approximate surface area is 146 Å². The lowest BCUT2D eigenvalue weighted by Gasteiger charge is -2.08. The average Bonchev–Trinajstić information content (AvgIpc) is 2.53. The molecule has 0 heterocycles. The van der Waals surface area contributed by atoms with Crippen LogP contribution in [0.3, 0.4) is 0 Å². The summed E-state index contributed by atoms with van der Waals surface area (Å²) in [4.78, 5) is 34.0. The number of nitrogens with one attached hydrogen (secondary N) is 1. The Bertz CT molecular complexity index is 790. The third-order valence-electron chi connectivity index (χ3n) is 2.88. The van der Waals surface area contributed by atoms with Gasteiger partial charge >= 0.3 is 5.97 Å². The van der Waals surface area contributed by atoms with E-state index < -0.39 is 23.4 Å². The summed E-state index contributed by atoms with van der Waals surface area (Å²) < 4.78 is 4.83. The maximum absolute atomic E-state index is 11.9. The van der Waals surface area contributed by atoms with Crippen molar-refractivity contribution >= 4 is 46.5 Å². The number of benzene rings is 2. The highest BCUT2D eigenvalue weighted by molar-refractivity contribution is 6.39. The van der Waals surface area contributed by atoms with Gasteiger partial charge in [-0.1, -0.05) is 41.4 Å². The summed E-state index contributed by atoms with van der Waals surface area (Å²) in [6, 6.07) is 10.1. The van der Waals surface area contributed by atoms with Crippen LogP contribution in [0.5, 0.6) is 0 Å². The second-order valence-corrected chi connectivity index (χ2v) is 5.31. The summed E-state index contributed by atoms with van der Waals surface area (Å²) in [6.45, 7) is -0.646. The van der Waals surface area contributed by atoms with Crippen LogP contribution in [0.4, 0.5) is 11.4 Å². The first-order valence-electron chi connectivity index (χ1n) is 6.54. The van der Waals surface area contributed by atoms with Gasteiger partial charge in [-0.3, -0.25) is 14.9 Å². The molecule has 2 aromatic carbocycles. The van der Waals surface area contributed by atoms with Crippen molar-refractivity contribution in [2.24, 2.45) is 0 Å². The molecular formula is C15H10Cl2N2O5. The van der Waals surface area contributed by atoms with Gasteiger partial charge in [-0.2, -0.15) is 0 Å². The van der Waals surface area contributed by atoms with Crippen LogP contribution in [0.2, 0.25) is 10.0 Å². The molecule has 1 N–H and O–H groups in total. The van der Waals surface area contributed by atoms with Crippen molar-refractivity contribution in [1.82, 2.24) is 0 Å². The fraction of sp³-hybridized carbons (Fsp3) is 0.0667. The molecule has 0 saturated heterocycles. The van der Waals surface area contributed by atoms with Crippen molar-refractivity contribution in [2.45, 2.75) is 0 Å². The lowest BCUT2D eigenvalue weighted by molar-refractivity contribution is -0.383. The van der Waals surface area contributed by atoms with Gasteiger partial charge in [0, 0.05) is 6.07 Å². The Morgan fingerprint density at radius 3 is 2.33 bits per heavy atom. The molecule has 2 rings (SSSR count). The number of carbonyl (C=O) groups is 2. The quantitative estimate of drug-likeness (QED) is 0.492. The summed E-state index contributed by atoms with van der Waals surface area (Å²) in [7, 11) is 0. The minimum Gasteiger partial charge on any atom is -0.452 e. The van der Waals surface area contributed by atoms with Gasteiger partial charge < -0.3 is 10.1 Å². The van der Waals surface area contributed by atoms with Crippen LogP contribution in [0.1, 0.15) is 10.4 Å². The summed E-state index contributed by atoms with van der Waals surface area (Å²) >= 11 is 11.7. The van der Waals surface area contributed by atoms with Gasteiger partial charge in [-0.25, -0.2) is 4.79 Å². The number of amides is 1. The van der Waals surface area contributed by atoms with Gasteiger partial charge in [0.25, 0.3) is 11.6 Å². The first kappa shape index (κ1) is 17.7. The second kappa shape index (κ2) is 7.76. The third-order valence-corrected chi connectivity index (χ3v) is 3.51. The zero-order chi connectivity index (χ0) is 17.7. The van der Waals surface area contributed by atoms with E-state index in [4.69, 9.17) is 27.9 Å². The summed E-state index contributed by atoms with van der Waals surface area (Å²) in [5.74, 6) is -1.61. The monoisotopic (exact) mass is 368 g/mol. The van der Waals surface area contributed by atoms with Crippen molar-refractivity contribution in [3.8, 4) is 0 Å². The molecule has 7 nitrogen and oxygen atoms in total. The van der Waals surface area contributed by atoms with Crippen LogP contribution in [-0.2, 0) is 9.53 Å². The van der Waals surface area contributed by atoms with Crippen molar-refractivity contribution < 1.29 is 19.2 Å². The van der Waals surface area contributed by atoms with E-state index in [0.29, 0.717) is 0 Å². The zero-order valence-corrected chi connectivity index (χ0v) is 13.5. The van der Waals surface area contributed by atoms with Crippen LogP contribution in [-0.4, -0.2) is 23.4 Å². The van der Waals surface area contributed by atoms with E-state index in [1.54, 1.807) is 6.07 Å². The number of rotatable bonds is 5. The number of carbonyl (C=O) groups excluding carboxylic acids is 2. The maximum Gasteiger partial charge on any atom is 0.341 e. The first-order chi connectivity index (χ1) is 11.4. The Balaban J connectivity index is 2.02. The smallest absolute Gasteiger partial charge is 0.341 e. The highest BCUT2D eigenvalue weighted by Gasteiger charge is 2.19. The number of hydrogen-bond donors (Lipinski definition) is 1. The largest absolute Gasteiger partial charge is 0.452 e. The van der Waals surface area contributed by atoms with Crippen LogP contribution in [0.15, 0.2) is 42.5 Å². The number of nitro groups is 1. The molecule has 0 spiro atoms. The van der Waals surface area contributed by atoms with E-state index >= 15 is 0 Å². The molecule has 0 atom stereocenters. The predicted molar refractivity (Wildman–Crippen MR) is 88.5 cm³/mol. The number of nitrogens with zero attached hydrogens (tertiary/aromatic N) is 1. The molecule has 0 aliphatic carbocycles. The topological polar surface area (TPSA) is 98.5 Å². The predicted octanol–water partition coefficient (Wildman–Crippen LogP) is 3.70. The highest BCUT2D eigenvalue weighted by atomic mass is 35.5. The van der Waals surface area contributed by atoms with Crippen molar-refractivity contribution in [1.29, 1.82) is 0 Å². The number of halogens is 2. The van der Waals surface area contributed by atoms with E-state index in [0.717, 1.165) is 0 Å². The lowest BCUT2D eigenvalue weighted by atomic mass is 10.2. The normalized spacial score (nSPS) is 10.1. The molecule has 1 amide bonds. The molecule has 0 aromatic heterocycles. The molecule has 24 heavy (non-hydrogen) atoms. The van der Waals surface area contributed by atoms with E-state index in [2.05, 4.69) is 5.32 Å². The molecule has 0 bridgehead atoms. The Hall–Kier alpha value is -2.64. The molecule has 0 radical (unpaired) electrons. The van der Waals surface area contributed by atoms with Gasteiger partial charge in [-0.05, 0) is 18.2 Å². The van der Waals surface area contributed by atoms with E-state index in [-0.39, 0.29) is 27.0 Å². The molecule has 0 aliphatic heterocycles. The summed E-state index contributed by atoms with van der Waals surface area (Å²) in [6.07, 6.45) is 0. The van der Waals surface area contributed by atoms with Crippen molar-refractivity contribution in [3.05, 3.63) is 68.2 Å². The average molecular weight is 369 g/mol. The first-order valence-corrected chi connectivity index (χ1v) is 7.30. The van der Waals surface area contributed by atoms with Gasteiger partial charge in [0.2, 0.25) is 0 Å². The highest BCUT2D eigenvalue weighted by Crippen LogP contribution is 2.25. The lowest BCUT2D eigenvalue weighted by Crippen LogP contribution is -2.21. The van der Waals surface area contributed by atoms with Crippen LogP contribution >= 0.6 is 23.2 Å². The number of hydrogen-bond acceptors (Lipinski definition) is 5. The van der Waals surface area contributed by atoms with Crippen LogP contribution in [0, 0.1) is 10.1 Å². The number of anilines is 1. The summed E-state index contributed by atoms with van der Waals surface area (Å²) in [5.41, 5.74) is -0.329. The fourth-order valence-electron chi connectivity index (χ4n) is 1.82. The molecule has 124 valence electrons. The van der Waals surface area contributed by atoms with E-state index in [9.17, 15) is 19.7 Å². The molecule has 0 fully saturated rings. The number of ether oxygens (including phenoxy) is 1. The van der Waals surface area contributed by atoms with Crippen molar-refractivity contribution in [3.63, 3.8) is 0 Å². The minimum atomic E-state index is -0.872. The Morgan fingerprint density at radius 2 is 1.71 bits per heavy atom.